The van der Waals surface area contributed by atoms with Crippen LogP contribution in [0.1, 0.15) is 39.4 Å². The Morgan fingerprint density at radius 2 is 1.37 bits per heavy atom. The summed E-state index contributed by atoms with van der Waals surface area (Å²) in [6, 6.07) is 38.9. The van der Waals surface area contributed by atoms with Crippen LogP contribution in [0.3, 0.4) is 0 Å². The van der Waals surface area contributed by atoms with Gasteiger partial charge in [-0.2, -0.15) is 0 Å². The van der Waals surface area contributed by atoms with Crippen molar-refractivity contribution in [3.63, 3.8) is 0 Å². The monoisotopic (exact) mass is 456 g/mol. The van der Waals surface area contributed by atoms with Crippen molar-refractivity contribution in [1.29, 1.82) is 0 Å². The van der Waals surface area contributed by atoms with Crippen molar-refractivity contribution in [1.82, 2.24) is 10.3 Å². The van der Waals surface area contributed by atoms with E-state index in [1.54, 1.807) is 0 Å². The van der Waals surface area contributed by atoms with Crippen molar-refractivity contribution in [3.8, 4) is 11.3 Å². The van der Waals surface area contributed by atoms with Crippen molar-refractivity contribution in [3.05, 3.63) is 138 Å². The number of para-hydroxylation sites is 1. The Bertz CT molecular complexity index is 1410. The summed E-state index contributed by atoms with van der Waals surface area (Å²) in [4.78, 5) is 18.3. The average Bonchev–Trinajstić information content (AvgIpc) is 2.91. The highest BCUT2D eigenvalue weighted by Crippen LogP contribution is 2.29. The largest absolute Gasteiger partial charge is 0.352 e. The van der Waals surface area contributed by atoms with E-state index in [1.165, 1.54) is 11.1 Å². The number of fused-ring (bicyclic) bond motifs is 1. The Balaban J connectivity index is 1.41. The van der Waals surface area contributed by atoms with Gasteiger partial charge in [-0.05, 0) is 42.2 Å². The number of aromatic nitrogens is 1. The molecule has 0 unspecified atom stereocenters. The van der Waals surface area contributed by atoms with E-state index in [9.17, 15) is 4.79 Å². The summed E-state index contributed by atoms with van der Waals surface area (Å²) < 4.78 is 0. The Kier molecular flexibility index (Phi) is 6.67. The van der Waals surface area contributed by atoms with E-state index in [1.807, 2.05) is 54.6 Å². The SMILES string of the molecule is Cc1ccccc1-c1cc(C(=O)NCCC(c2ccccc2)c2ccccc2)c2ccccc2n1. The molecule has 0 saturated carbocycles. The Hall–Kier alpha value is -4.24. The van der Waals surface area contributed by atoms with Crippen molar-refractivity contribution in [2.45, 2.75) is 19.3 Å². The van der Waals surface area contributed by atoms with Crippen molar-refractivity contribution >= 4 is 16.8 Å². The van der Waals surface area contributed by atoms with Gasteiger partial charge in [0.25, 0.3) is 5.91 Å². The Morgan fingerprint density at radius 3 is 2.06 bits per heavy atom. The summed E-state index contributed by atoms with van der Waals surface area (Å²) in [5, 5.41) is 4.05. The highest BCUT2D eigenvalue weighted by molar-refractivity contribution is 6.07. The first-order valence-corrected chi connectivity index (χ1v) is 12.0. The fourth-order valence-electron chi connectivity index (χ4n) is 4.68. The normalized spacial score (nSPS) is 11.0. The summed E-state index contributed by atoms with van der Waals surface area (Å²) in [5.74, 6) is 0.146. The van der Waals surface area contributed by atoms with Gasteiger partial charge in [0.15, 0.2) is 0 Å². The number of rotatable bonds is 7. The third-order valence-corrected chi connectivity index (χ3v) is 6.50. The van der Waals surface area contributed by atoms with Crippen molar-refractivity contribution in [2.75, 3.05) is 6.54 Å². The molecule has 5 aromatic rings. The topological polar surface area (TPSA) is 42.0 Å². The van der Waals surface area contributed by atoms with Gasteiger partial charge in [-0.15, -0.1) is 0 Å². The first-order chi connectivity index (χ1) is 17.2. The van der Waals surface area contributed by atoms with E-state index >= 15 is 0 Å². The molecule has 5 rings (SSSR count). The number of carbonyl (C=O) groups excluding carboxylic acids is 1. The van der Waals surface area contributed by atoms with Crippen LogP contribution in [0.2, 0.25) is 0 Å². The van der Waals surface area contributed by atoms with E-state index in [4.69, 9.17) is 4.98 Å². The smallest absolute Gasteiger partial charge is 0.252 e. The fraction of sp³-hybridized carbons (Fsp3) is 0.125. The minimum Gasteiger partial charge on any atom is -0.352 e. The molecule has 3 nitrogen and oxygen atoms in total. The molecule has 0 bridgehead atoms. The Morgan fingerprint density at radius 1 is 0.771 bits per heavy atom. The van der Waals surface area contributed by atoms with Gasteiger partial charge >= 0.3 is 0 Å². The molecule has 35 heavy (non-hydrogen) atoms. The second kappa shape index (κ2) is 10.4. The number of nitrogens with one attached hydrogen (secondary N) is 1. The molecule has 1 amide bonds. The average molecular weight is 457 g/mol. The van der Waals surface area contributed by atoms with Gasteiger partial charge in [-0.1, -0.05) is 103 Å². The molecule has 3 heteroatoms. The molecule has 0 aliphatic carbocycles. The van der Waals surface area contributed by atoms with Gasteiger partial charge < -0.3 is 5.32 Å². The molecule has 0 spiro atoms. The second-order valence-electron chi connectivity index (χ2n) is 8.81. The summed E-state index contributed by atoms with van der Waals surface area (Å²) in [6.07, 6.45) is 0.813. The number of hydrogen-bond donors (Lipinski definition) is 1. The molecule has 4 aromatic carbocycles. The van der Waals surface area contributed by atoms with E-state index in [0.717, 1.165) is 34.1 Å². The second-order valence-corrected chi connectivity index (χ2v) is 8.81. The van der Waals surface area contributed by atoms with Gasteiger partial charge in [-0.25, -0.2) is 4.98 Å². The molecule has 0 saturated heterocycles. The van der Waals surface area contributed by atoms with Gasteiger partial charge in [0.05, 0.1) is 16.8 Å². The zero-order chi connectivity index (χ0) is 24.0. The number of pyridine rings is 1. The first kappa shape index (κ1) is 22.5. The molecule has 0 radical (unpaired) electrons. The zero-order valence-corrected chi connectivity index (χ0v) is 19.8. The minimum absolute atomic E-state index is 0.0710. The number of hydrogen-bond acceptors (Lipinski definition) is 2. The quantitative estimate of drug-likeness (QED) is 0.282. The molecular formula is C32H28N2O. The van der Waals surface area contributed by atoms with Crippen LogP contribution in [-0.4, -0.2) is 17.4 Å². The van der Waals surface area contributed by atoms with Crippen LogP contribution >= 0.6 is 0 Å². The lowest BCUT2D eigenvalue weighted by Crippen LogP contribution is -2.26. The van der Waals surface area contributed by atoms with Crippen molar-refractivity contribution in [2.24, 2.45) is 0 Å². The maximum absolute atomic E-state index is 13.4. The number of carbonyl (C=O) groups is 1. The molecule has 1 heterocycles. The van der Waals surface area contributed by atoms with E-state index in [2.05, 4.69) is 72.9 Å². The molecule has 172 valence electrons. The van der Waals surface area contributed by atoms with Crippen LogP contribution in [0.5, 0.6) is 0 Å². The Labute approximate surface area is 206 Å². The van der Waals surface area contributed by atoms with Gasteiger partial charge in [0.2, 0.25) is 0 Å². The van der Waals surface area contributed by atoms with Crippen LogP contribution in [-0.2, 0) is 0 Å². The predicted octanol–water partition coefficient (Wildman–Crippen LogP) is 7.16. The lowest BCUT2D eigenvalue weighted by Gasteiger charge is -2.19. The van der Waals surface area contributed by atoms with Crippen LogP contribution in [0, 0.1) is 6.92 Å². The maximum atomic E-state index is 13.4. The molecule has 0 fully saturated rings. The highest BCUT2D eigenvalue weighted by Gasteiger charge is 2.17. The summed E-state index contributed by atoms with van der Waals surface area (Å²) >= 11 is 0. The summed E-state index contributed by atoms with van der Waals surface area (Å²) in [7, 11) is 0. The van der Waals surface area contributed by atoms with Gasteiger partial charge in [0, 0.05) is 23.4 Å². The number of benzene rings is 4. The van der Waals surface area contributed by atoms with Gasteiger partial charge in [0.1, 0.15) is 0 Å². The molecule has 0 aliphatic heterocycles. The lowest BCUT2D eigenvalue weighted by molar-refractivity contribution is 0.0954. The van der Waals surface area contributed by atoms with Crippen LogP contribution < -0.4 is 5.32 Å². The van der Waals surface area contributed by atoms with Crippen LogP contribution in [0.25, 0.3) is 22.2 Å². The van der Waals surface area contributed by atoms with E-state index in [-0.39, 0.29) is 11.8 Å². The molecule has 1 N–H and O–H groups in total. The number of aryl methyl sites for hydroxylation is 1. The third-order valence-electron chi connectivity index (χ3n) is 6.50. The molecule has 1 aromatic heterocycles. The lowest BCUT2D eigenvalue weighted by atomic mass is 9.88. The fourth-order valence-corrected chi connectivity index (χ4v) is 4.68. The standard InChI is InChI=1S/C32H28N2O/c1-23-12-8-9-17-26(23)31-22-29(28-18-10-11-19-30(28)34-31)32(35)33-21-20-27(24-13-4-2-5-14-24)25-15-6-3-7-16-25/h2-19,22,27H,20-21H2,1H3,(H,33,35). The summed E-state index contributed by atoms with van der Waals surface area (Å²) in [6.45, 7) is 2.64. The number of amides is 1. The molecular weight excluding hydrogens is 428 g/mol. The van der Waals surface area contributed by atoms with Crippen molar-refractivity contribution < 1.29 is 4.79 Å². The molecule has 0 aliphatic rings. The predicted molar refractivity (Wildman–Crippen MR) is 144 cm³/mol. The molecule has 0 atom stereocenters. The number of nitrogens with zero attached hydrogens (tertiary/aromatic N) is 1. The van der Waals surface area contributed by atoms with Gasteiger partial charge in [-0.3, -0.25) is 4.79 Å². The maximum Gasteiger partial charge on any atom is 0.252 e. The highest BCUT2D eigenvalue weighted by atomic mass is 16.1. The van der Waals surface area contributed by atoms with E-state index in [0.29, 0.717) is 12.1 Å². The van der Waals surface area contributed by atoms with E-state index < -0.39 is 0 Å². The minimum atomic E-state index is -0.0710. The summed E-state index contributed by atoms with van der Waals surface area (Å²) in [5.41, 5.74) is 6.98. The van der Waals surface area contributed by atoms with Crippen LogP contribution in [0.4, 0.5) is 0 Å². The zero-order valence-electron chi connectivity index (χ0n) is 19.8. The van der Waals surface area contributed by atoms with Crippen LogP contribution in [0.15, 0.2) is 115 Å². The first-order valence-electron chi connectivity index (χ1n) is 12.0. The third kappa shape index (κ3) is 4.99.